The van der Waals surface area contributed by atoms with Crippen LogP contribution in [0.5, 0.6) is 0 Å². The van der Waals surface area contributed by atoms with Crippen LogP contribution >= 0.6 is 0 Å². The third-order valence-corrected chi connectivity index (χ3v) is 7.72. The average molecular weight is 538 g/mol. The van der Waals surface area contributed by atoms with Crippen LogP contribution in [0.4, 0.5) is 0 Å². The van der Waals surface area contributed by atoms with E-state index in [4.69, 9.17) is 10.2 Å². The lowest BCUT2D eigenvalue weighted by atomic mass is 9.87. The van der Waals surface area contributed by atoms with E-state index in [0.717, 1.165) is 53.9 Å². The molecule has 208 valence electrons. The summed E-state index contributed by atoms with van der Waals surface area (Å²) in [6.45, 7) is 7.87. The van der Waals surface area contributed by atoms with Gasteiger partial charge in [0.15, 0.2) is 0 Å². The van der Waals surface area contributed by atoms with Crippen LogP contribution in [-0.2, 0) is 42.6 Å². The Balaban J connectivity index is 1.24. The Kier molecular flexibility index (Phi) is 8.06. The normalized spacial score (nSPS) is 13.5. The number of nitrogens with zero attached hydrogens (tertiary/aromatic N) is 3. The van der Waals surface area contributed by atoms with Gasteiger partial charge in [0.25, 0.3) is 0 Å². The zero-order chi connectivity index (χ0) is 28.3. The lowest BCUT2D eigenvalue weighted by Crippen LogP contribution is -2.26. The average Bonchev–Trinajstić information content (AvgIpc) is 3.70. The van der Waals surface area contributed by atoms with Crippen molar-refractivity contribution in [1.29, 1.82) is 0 Å². The fourth-order valence-electron chi connectivity index (χ4n) is 5.15. The molecule has 1 saturated carbocycles. The Labute approximate surface area is 236 Å². The third-order valence-electron chi connectivity index (χ3n) is 7.72. The Hall–Kier alpha value is -3.93. The van der Waals surface area contributed by atoms with Gasteiger partial charge in [-0.05, 0) is 70.4 Å². The number of hydrogen-bond acceptors (Lipinski definition) is 3. The molecule has 1 aliphatic carbocycles. The summed E-state index contributed by atoms with van der Waals surface area (Å²) in [5.74, 6) is 0.659. The van der Waals surface area contributed by atoms with Gasteiger partial charge in [-0.3, -0.25) is 9.36 Å². The van der Waals surface area contributed by atoms with Gasteiger partial charge >= 0.3 is 11.7 Å². The minimum atomic E-state index is -0.824. The van der Waals surface area contributed by atoms with Gasteiger partial charge in [0.05, 0.1) is 13.0 Å². The first kappa shape index (κ1) is 27.6. The van der Waals surface area contributed by atoms with Crippen molar-refractivity contribution in [2.24, 2.45) is 5.92 Å². The van der Waals surface area contributed by atoms with Crippen LogP contribution in [0.25, 0.3) is 11.1 Å². The highest BCUT2D eigenvalue weighted by molar-refractivity contribution is 5.72. The van der Waals surface area contributed by atoms with Crippen molar-refractivity contribution in [1.82, 2.24) is 14.3 Å². The van der Waals surface area contributed by atoms with Crippen molar-refractivity contribution in [2.45, 2.75) is 77.8 Å². The molecule has 0 atom stereocenters. The second kappa shape index (κ2) is 11.7. The molecule has 6 nitrogen and oxygen atoms in total. The lowest BCUT2D eigenvalue weighted by Gasteiger charge is -2.19. The minimum Gasteiger partial charge on any atom is -0.481 e. The molecule has 5 rings (SSSR count). The summed E-state index contributed by atoms with van der Waals surface area (Å²) < 4.78 is 3.55. The molecule has 1 aromatic heterocycles. The first-order chi connectivity index (χ1) is 19.2. The maximum Gasteiger partial charge on any atom is 0.346 e. The number of aryl methyl sites for hydroxylation is 2. The van der Waals surface area contributed by atoms with Gasteiger partial charge in [0.1, 0.15) is 5.82 Å². The molecule has 3 aromatic carbocycles. The highest BCUT2D eigenvalue weighted by Crippen LogP contribution is 2.30. The van der Waals surface area contributed by atoms with Crippen molar-refractivity contribution in [2.75, 3.05) is 0 Å². The van der Waals surface area contributed by atoms with Crippen molar-refractivity contribution in [3.63, 3.8) is 0 Å². The standard InChI is InChI=1S/C34H39N3O3/c1-34(2,3)30-18-14-26(15-19-30)23-37-33(40)36(22-25-10-11-25)31(35-37)9-5-6-24-12-16-28(17-13-24)29-8-4-7-27(20-29)21-32(38)39/h4,7-8,12-20,25H,5-6,9-11,21-23H2,1-3H3,(H,38,39). The zero-order valence-electron chi connectivity index (χ0n) is 23.8. The van der Waals surface area contributed by atoms with Crippen molar-refractivity contribution in [3.8, 4) is 11.1 Å². The third kappa shape index (κ3) is 6.98. The number of carbonyl (C=O) groups is 1. The van der Waals surface area contributed by atoms with E-state index >= 15 is 0 Å². The Morgan fingerprint density at radius 2 is 1.60 bits per heavy atom. The predicted molar refractivity (Wildman–Crippen MR) is 159 cm³/mol. The number of hydrogen-bond donors (Lipinski definition) is 1. The molecule has 1 heterocycles. The van der Waals surface area contributed by atoms with E-state index < -0.39 is 5.97 Å². The van der Waals surface area contributed by atoms with E-state index in [1.807, 2.05) is 28.8 Å². The van der Waals surface area contributed by atoms with Crippen LogP contribution in [0.1, 0.15) is 68.1 Å². The highest BCUT2D eigenvalue weighted by Gasteiger charge is 2.25. The predicted octanol–water partition coefficient (Wildman–Crippen LogP) is 6.27. The van der Waals surface area contributed by atoms with Gasteiger partial charge in [0.2, 0.25) is 0 Å². The molecule has 1 aliphatic rings. The van der Waals surface area contributed by atoms with Crippen molar-refractivity contribution in [3.05, 3.63) is 111 Å². The van der Waals surface area contributed by atoms with Gasteiger partial charge in [-0.2, -0.15) is 5.10 Å². The van der Waals surface area contributed by atoms with Gasteiger partial charge in [-0.15, -0.1) is 0 Å². The van der Waals surface area contributed by atoms with E-state index in [9.17, 15) is 9.59 Å². The Bertz CT molecular complexity index is 1520. The first-order valence-corrected chi connectivity index (χ1v) is 14.3. The number of carboxylic acid groups (broad SMARTS) is 1. The van der Waals surface area contributed by atoms with Crippen LogP contribution in [0.2, 0.25) is 0 Å². The summed E-state index contributed by atoms with van der Waals surface area (Å²) in [6.07, 6.45) is 4.98. The van der Waals surface area contributed by atoms with E-state index in [1.54, 1.807) is 4.68 Å². The number of benzene rings is 3. The van der Waals surface area contributed by atoms with E-state index in [0.29, 0.717) is 12.5 Å². The fourth-order valence-corrected chi connectivity index (χ4v) is 5.15. The van der Waals surface area contributed by atoms with Gasteiger partial charge in [-0.25, -0.2) is 9.48 Å². The first-order valence-electron chi connectivity index (χ1n) is 14.3. The zero-order valence-corrected chi connectivity index (χ0v) is 23.8. The molecule has 40 heavy (non-hydrogen) atoms. The van der Waals surface area contributed by atoms with Crippen LogP contribution in [0, 0.1) is 5.92 Å². The minimum absolute atomic E-state index is 0.00345. The van der Waals surface area contributed by atoms with Crippen molar-refractivity contribution >= 4 is 5.97 Å². The summed E-state index contributed by atoms with van der Waals surface area (Å²) in [4.78, 5) is 24.4. The number of carboxylic acids is 1. The number of rotatable bonds is 11. The largest absolute Gasteiger partial charge is 0.481 e. The van der Waals surface area contributed by atoms with Gasteiger partial charge in [-0.1, -0.05) is 93.6 Å². The summed E-state index contributed by atoms with van der Waals surface area (Å²) in [6, 6.07) is 24.7. The van der Waals surface area contributed by atoms with E-state index in [1.165, 1.54) is 24.0 Å². The number of aliphatic carboxylic acids is 1. The van der Waals surface area contributed by atoms with Gasteiger partial charge in [0, 0.05) is 13.0 Å². The Morgan fingerprint density at radius 3 is 2.25 bits per heavy atom. The second-order valence-corrected chi connectivity index (χ2v) is 12.2. The maximum absolute atomic E-state index is 13.3. The summed E-state index contributed by atoms with van der Waals surface area (Å²) in [5.41, 5.74) is 6.59. The van der Waals surface area contributed by atoms with E-state index in [-0.39, 0.29) is 17.5 Å². The quantitative estimate of drug-likeness (QED) is 0.245. The second-order valence-electron chi connectivity index (χ2n) is 12.2. The SMILES string of the molecule is CC(C)(C)c1ccc(Cn2nc(CCCc3ccc(-c4cccc(CC(=O)O)c4)cc3)n(CC3CC3)c2=O)cc1. The molecular weight excluding hydrogens is 498 g/mol. The topological polar surface area (TPSA) is 77.1 Å². The van der Waals surface area contributed by atoms with Crippen LogP contribution < -0.4 is 5.69 Å². The summed E-state index contributed by atoms with van der Waals surface area (Å²) in [5, 5.41) is 13.9. The molecular formula is C34H39N3O3. The molecule has 0 aliphatic heterocycles. The summed E-state index contributed by atoms with van der Waals surface area (Å²) in [7, 11) is 0. The molecule has 0 radical (unpaired) electrons. The van der Waals surface area contributed by atoms with Crippen LogP contribution in [0.3, 0.4) is 0 Å². The number of aromatic nitrogens is 3. The molecule has 0 amide bonds. The monoisotopic (exact) mass is 537 g/mol. The molecule has 0 bridgehead atoms. The Morgan fingerprint density at radius 1 is 0.900 bits per heavy atom. The summed E-state index contributed by atoms with van der Waals surface area (Å²) >= 11 is 0. The van der Waals surface area contributed by atoms with Gasteiger partial charge < -0.3 is 5.11 Å². The fraction of sp³-hybridized carbons (Fsp3) is 0.382. The highest BCUT2D eigenvalue weighted by atomic mass is 16.4. The molecule has 1 fully saturated rings. The lowest BCUT2D eigenvalue weighted by molar-refractivity contribution is -0.136. The maximum atomic E-state index is 13.3. The molecule has 0 saturated heterocycles. The van der Waals surface area contributed by atoms with Crippen LogP contribution in [0.15, 0.2) is 77.6 Å². The molecule has 0 unspecified atom stereocenters. The van der Waals surface area contributed by atoms with Crippen LogP contribution in [-0.4, -0.2) is 25.4 Å². The van der Waals surface area contributed by atoms with Crippen molar-refractivity contribution < 1.29 is 9.90 Å². The molecule has 4 aromatic rings. The molecule has 1 N–H and O–H groups in total. The smallest absolute Gasteiger partial charge is 0.346 e. The van der Waals surface area contributed by atoms with E-state index in [2.05, 4.69) is 69.3 Å². The molecule has 0 spiro atoms. The molecule has 6 heteroatoms.